The minimum atomic E-state index is -4.34. The fourth-order valence-corrected chi connectivity index (χ4v) is 7.16. The van der Waals surface area contributed by atoms with Crippen molar-refractivity contribution in [2.24, 2.45) is 0 Å². The number of hydrogen-bond donors (Lipinski definition) is 0. The molecular weight excluding hydrogens is 582 g/mol. The van der Waals surface area contributed by atoms with E-state index < -0.39 is 11.7 Å². The smallest absolute Gasteiger partial charge is 0.166 e. The van der Waals surface area contributed by atoms with E-state index in [4.69, 9.17) is 0 Å². The van der Waals surface area contributed by atoms with Crippen LogP contribution in [0.2, 0.25) is 0 Å². The molecule has 0 spiro atoms. The fourth-order valence-electron chi connectivity index (χ4n) is 6.07. The molecule has 4 heteroatoms. The molecule has 0 unspecified atom stereocenters. The average molecular weight is 607 g/mol. The highest BCUT2D eigenvalue weighted by atomic mass is 32.1. The maximum Gasteiger partial charge on any atom is 0.416 e. The maximum atomic E-state index is 12.9. The maximum absolute atomic E-state index is 12.9. The van der Waals surface area contributed by atoms with E-state index in [0.717, 1.165) is 56.3 Å². The molecule has 0 aliphatic carbocycles. The van der Waals surface area contributed by atoms with E-state index in [9.17, 15) is 13.2 Å². The summed E-state index contributed by atoms with van der Waals surface area (Å²) in [5.41, 5.74) is 7.86. The summed E-state index contributed by atoms with van der Waals surface area (Å²) < 4.78 is 41.5. The van der Waals surface area contributed by atoms with Gasteiger partial charge in [-0.05, 0) is 97.7 Å². The van der Waals surface area contributed by atoms with Crippen LogP contribution in [0.3, 0.4) is 0 Å². The summed E-state index contributed by atoms with van der Waals surface area (Å²) in [6, 6.07) is 50.3. The van der Waals surface area contributed by atoms with Crippen LogP contribution >= 0.6 is 11.3 Å². The van der Waals surface area contributed by atoms with Crippen LogP contribution in [0.15, 0.2) is 152 Å². The summed E-state index contributed by atoms with van der Waals surface area (Å²) in [5, 5.41) is 4.92. The van der Waals surface area contributed by atoms with Crippen LogP contribution in [-0.4, -0.2) is 0 Å². The molecule has 0 aliphatic rings. The van der Waals surface area contributed by atoms with Crippen molar-refractivity contribution < 1.29 is 13.2 Å². The van der Waals surface area contributed by atoms with Crippen molar-refractivity contribution in [3.8, 4) is 44.5 Å². The first-order valence-electron chi connectivity index (χ1n) is 14.7. The normalized spacial score (nSPS) is 11.9. The second-order valence-corrected chi connectivity index (χ2v) is 12.4. The van der Waals surface area contributed by atoms with Crippen molar-refractivity contribution in [1.29, 1.82) is 0 Å². The molecule has 8 rings (SSSR count). The highest BCUT2D eigenvalue weighted by Crippen LogP contribution is 2.37. The molecule has 216 valence electrons. The highest BCUT2D eigenvalue weighted by Gasteiger charge is 2.30. The quantitative estimate of drug-likeness (QED) is 0.187. The molecule has 0 N–H and O–H groups in total. The Kier molecular flexibility index (Phi) is 6.54. The van der Waals surface area contributed by atoms with Gasteiger partial charge in [-0.1, -0.05) is 109 Å². The van der Waals surface area contributed by atoms with Crippen LogP contribution in [0.1, 0.15) is 5.56 Å². The fraction of sp³-hybridized carbons (Fsp3) is 0.0244. The summed E-state index contributed by atoms with van der Waals surface area (Å²) in [4.78, 5) is 0. The zero-order valence-corrected chi connectivity index (χ0v) is 24.8. The zero-order chi connectivity index (χ0) is 30.5. The molecule has 0 amide bonds. The van der Waals surface area contributed by atoms with Gasteiger partial charge in [0.1, 0.15) is 0 Å². The van der Waals surface area contributed by atoms with E-state index in [1.165, 1.54) is 43.4 Å². The Balaban J connectivity index is 1.06. The van der Waals surface area contributed by atoms with E-state index in [1.54, 1.807) is 0 Å². The van der Waals surface area contributed by atoms with Gasteiger partial charge in [-0.15, -0.1) is 11.3 Å². The lowest BCUT2D eigenvalue weighted by Gasteiger charge is -2.10. The minimum absolute atomic E-state index is 0.640. The molecule has 0 fully saturated rings. The number of alkyl halides is 3. The minimum Gasteiger partial charge on any atom is -0.166 e. The predicted octanol–water partition coefficient (Wildman–Crippen LogP) is 12.9. The standard InChI is InChI=1S/C41H25F3S/c42-41(43,44)36-20-17-27(18-21-36)26-5-7-28(8-6-26)32-15-13-31-14-16-33(24-35(31)23-32)29-9-11-30(12-10-29)34-19-22-40-38(25-34)37-3-1-2-4-39(37)45-40/h1-25H. The lowest BCUT2D eigenvalue weighted by atomic mass is 9.95. The molecule has 45 heavy (non-hydrogen) atoms. The first-order valence-corrected chi connectivity index (χ1v) is 15.5. The van der Waals surface area contributed by atoms with E-state index in [0.29, 0.717) is 0 Å². The third-order valence-electron chi connectivity index (χ3n) is 8.53. The van der Waals surface area contributed by atoms with Gasteiger partial charge in [0.25, 0.3) is 0 Å². The Morgan fingerprint density at radius 2 is 0.778 bits per heavy atom. The van der Waals surface area contributed by atoms with E-state index in [-0.39, 0.29) is 0 Å². The van der Waals surface area contributed by atoms with Crippen LogP contribution in [-0.2, 0) is 6.18 Å². The molecule has 1 aromatic heterocycles. The Labute approximate surface area is 262 Å². The van der Waals surface area contributed by atoms with E-state index in [2.05, 4.69) is 103 Å². The number of thiophene rings is 1. The summed E-state index contributed by atoms with van der Waals surface area (Å²) in [6.45, 7) is 0. The highest BCUT2D eigenvalue weighted by molar-refractivity contribution is 7.25. The molecule has 0 radical (unpaired) electrons. The van der Waals surface area contributed by atoms with Crippen molar-refractivity contribution in [3.05, 3.63) is 157 Å². The topological polar surface area (TPSA) is 0 Å². The van der Waals surface area contributed by atoms with Gasteiger partial charge in [0.15, 0.2) is 0 Å². The molecular formula is C41H25F3S. The number of hydrogen-bond acceptors (Lipinski definition) is 1. The SMILES string of the molecule is FC(F)(F)c1ccc(-c2ccc(-c3ccc4ccc(-c5ccc(-c6ccc7sc8ccccc8c7c6)cc5)cc4c3)cc2)cc1. The van der Waals surface area contributed by atoms with Crippen LogP contribution < -0.4 is 0 Å². The number of benzene rings is 7. The molecule has 7 aromatic carbocycles. The summed E-state index contributed by atoms with van der Waals surface area (Å²) in [5.74, 6) is 0. The lowest BCUT2D eigenvalue weighted by molar-refractivity contribution is -0.137. The first-order chi connectivity index (χ1) is 21.9. The van der Waals surface area contributed by atoms with Crippen molar-refractivity contribution in [3.63, 3.8) is 0 Å². The molecule has 8 aromatic rings. The van der Waals surface area contributed by atoms with Gasteiger partial charge in [-0.25, -0.2) is 0 Å². The number of rotatable bonds is 4. The zero-order valence-electron chi connectivity index (χ0n) is 24.0. The van der Waals surface area contributed by atoms with E-state index >= 15 is 0 Å². The summed E-state index contributed by atoms with van der Waals surface area (Å²) in [7, 11) is 0. The van der Waals surface area contributed by atoms with Crippen molar-refractivity contribution in [2.45, 2.75) is 6.18 Å². The first kappa shape index (κ1) is 27.4. The third-order valence-corrected chi connectivity index (χ3v) is 9.68. The van der Waals surface area contributed by atoms with Crippen LogP contribution in [0.4, 0.5) is 13.2 Å². The summed E-state index contributed by atoms with van der Waals surface area (Å²) >= 11 is 1.83. The molecule has 0 bridgehead atoms. The predicted molar refractivity (Wildman–Crippen MR) is 184 cm³/mol. The number of halogens is 3. The number of fused-ring (bicyclic) bond motifs is 4. The van der Waals surface area contributed by atoms with Crippen LogP contribution in [0, 0.1) is 0 Å². The summed E-state index contributed by atoms with van der Waals surface area (Å²) in [6.07, 6.45) is -4.34. The van der Waals surface area contributed by atoms with Gasteiger partial charge in [0.05, 0.1) is 5.56 Å². The largest absolute Gasteiger partial charge is 0.416 e. The van der Waals surface area contributed by atoms with Crippen LogP contribution in [0.5, 0.6) is 0 Å². The van der Waals surface area contributed by atoms with Gasteiger partial charge in [0.2, 0.25) is 0 Å². The third kappa shape index (κ3) is 5.17. The average Bonchev–Trinajstić information content (AvgIpc) is 3.46. The van der Waals surface area contributed by atoms with Crippen molar-refractivity contribution >= 4 is 42.3 Å². The lowest BCUT2D eigenvalue weighted by Crippen LogP contribution is -2.03. The van der Waals surface area contributed by atoms with Gasteiger partial charge >= 0.3 is 6.18 Å². The molecule has 0 nitrogen and oxygen atoms in total. The molecule has 0 saturated heterocycles. The van der Waals surface area contributed by atoms with Gasteiger partial charge in [0, 0.05) is 20.2 Å². The second kappa shape index (κ2) is 10.8. The van der Waals surface area contributed by atoms with Gasteiger partial charge < -0.3 is 0 Å². The Morgan fingerprint density at radius 3 is 1.33 bits per heavy atom. The Morgan fingerprint density at radius 1 is 0.356 bits per heavy atom. The van der Waals surface area contributed by atoms with Crippen LogP contribution in [0.25, 0.3) is 75.5 Å². The van der Waals surface area contributed by atoms with Gasteiger partial charge in [-0.3, -0.25) is 0 Å². The Bertz CT molecular complexity index is 2330. The van der Waals surface area contributed by atoms with Crippen molar-refractivity contribution in [2.75, 3.05) is 0 Å². The molecule has 0 aliphatic heterocycles. The van der Waals surface area contributed by atoms with Crippen molar-refractivity contribution in [1.82, 2.24) is 0 Å². The molecule has 0 atom stereocenters. The van der Waals surface area contributed by atoms with Gasteiger partial charge in [-0.2, -0.15) is 13.2 Å². The second-order valence-electron chi connectivity index (χ2n) is 11.3. The molecule has 1 heterocycles. The molecule has 0 saturated carbocycles. The van der Waals surface area contributed by atoms with E-state index in [1.807, 2.05) is 35.6 Å². The monoisotopic (exact) mass is 606 g/mol. The Hall–Kier alpha value is -5.19.